The molecule has 0 spiro atoms. The number of hydrogen-bond acceptors (Lipinski definition) is 2. The molecular weight excluding hydrogens is 411 g/mol. The van der Waals surface area contributed by atoms with Gasteiger partial charge in [0.15, 0.2) is 5.96 Å². The summed E-state index contributed by atoms with van der Waals surface area (Å²) in [5.74, 6) is 2.24. The van der Waals surface area contributed by atoms with Crippen LogP contribution in [-0.4, -0.2) is 49.1 Å². The lowest BCUT2D eigenvalue weighted by atomic mass is 10.1. The van der Waals surface area contributed by atoms with Crippen LogP contribution in [0.3, 0.4) is 0 Å². The number of benzene rings is 1. The van der Waals surface area contributed by atoms with Gasteiger partial charge in [-0.1, -0.05) is 37.3 Å². The predicted molar refractivity (Wildman–Crippen MR) is 112 cm³/mol. The molecular formula is C19H31IN4. The van der Waals surface area contributed by atoms with Crippen molar-refractivity contribution in [2.75, 3.05) is 20.1 Å². The van der Waals surface area contributed by atoms with Crippen molar-refractivity contribution in [2.45, 2.75) is 51.2 Å². The molecule has 0 aromatic heterocycles. The number of likely N-dealkylation sites (tertiary alicyclic amines) is 1. The largest absolute Gasteiger partial charge is 0.353 e. The zero-order chi connectivity index (χ0) is 16.4. The lowest BCUT2D eigenvalue weighted by Gasteiger charge is -2.22. The molecule has 4 nitrogen and oxygen atoms in total. The van der Waals surface area contributed by atoms with Crippen LogP contribution >= 0.6 is 24.0 Å². The summed E-state index contributed by atoms with van der Waals surface area (Å²) in [6, 6.07) is 12.4. The number of nitrogens with zero attached hydrogens (tertiary/aromatic N) is 2. The summed E-state index contributed by atoms with van der Waals surface area (Å²) in [5, 5.41) is 7.24. The quantitative estimate of drug-likeness (QED) is 0.428. The third kappa shape index (κ3) is 4.63. The lowest BCUT2D eigenvalue weighted by molar-refractivity contribution is 0.265. The fourth-order valence-corrected chi connectivity index (χ4v) is 3.56. The van der Waals surface area contributed by atoms with Crippen LogP contribution in [0, 0.1) is 5.92 Å². The van der Waals surface area contributed by atoms with E-state index in [2.05, 4.69) is 71.6 Å². The van der Waals surface area contributed by atoms with Gasteiger partial charge < -0.3 is 10.6 Å². The van der Waals surface area contributed by atoms with E-state index in [1.807, 2.05) is 7.05 Å². The molecule has 2 aliphatic rings. The number of guanidine groups is 1. The van der Waals surface area contributed by atoms with Gasteiger partial charge in [0.1, 0.15) is 0 Å². The van der Waals surface area contributed by atoms with Crippen LogP contribution in [0.5, 0.6) is 0 Å². The van der Waals surface area contributed by atoms with Crippen molar-refractivity contribution in [3.8, 4) is 0 Å². The standard InChI is InChI=1S/C19H30N4.HI/c1-13(2)23-11-14(3)18(12-23)22-19(20-4)21-17-10-16(17)15-8-6-5-7-9-15;/h5-9,13-14,16-18H,10-12H2,1-4H3,(H2,20,21,22);1H. The zero-order valence-corrected chi connectivity index (χ0v) is 17.5. The summed E-state index contributed by atoms with van der Waals surface area (Å²) in [6.45, 7) is 9.15. The molecule has 4 atom stereocenters. The van der Waals surface area contributed by atoms with Crippen molar-refractivity contribution < 1.29 is 0 Å². The monoisotopic (exact) mass is 442 g/mol. The summed E-state index contributed by atoms with van der Waals surface area (Å²) >= 11 is 0. The van der Waals surface area contributed by atoms with Crippen LogP contribution < -0.4 is 10.6 Å². The number of rotatable bonds is 4. The molecule has 3 rings (SSSR count). The van der Waals surface area contributed by atoms with Gasteiger partial charge in [-0.3, -0.25) is 9.89 Å². The molecule has 1 aliphatic carbocycles. The summed E-state index contributed by atoms with van der Waals surface area (Å²) < 4.78 is 0. The van der Waals surface area contributed by atoms with Crippen molar-refractivity contribution in [1.82, 2.24) is 15.5 Å². The number of aliphatic imine (C=N–C) groups is 1. The van der Waals surface area contributed by atoms with Gasteiger partial charge in [-0.15, -0.1) is 24.0 Å². The average molecular weight is 442 g/mol. The minimum absolute atomic E-state index is 0. The first-order valence-electron chi connectivity index (χ1n) is 8.87. The topological polar surface area (TPSA) is 39.7 Å². The van der Waals surface area contributed by atoms with E-state index in [1.54, 1.807) is 0 Å². The Morgan fingerprint density at radius 2 is 1.79 bits per heavy atom. The van der Waals surface area contributed by atoms with E-state index in [1.165, 1.54) is 18.5 Å². The highest BCUT2D eigenvalue weighted by molar-refractivity contribution is 14.0. The Kier molecular flexibility index (Phi) is 6.92. The molecule has 0 bridgehead atoms. The third-order valence-corrected chi connectivity index (χ3v) is 5.26. The van der Waals surface area contributed by atoms with Gasteiger partial charge in [-0.25, -0.2) is 0 Å². The molecule has 2 N–H and O–H groups in total. The van der Waals surface area contributed by atoms with Crippen LogP contribution in [0.1, 0.15) is 38.7 Å². The lowest BCUT2D eigenvalue weighted by Crippen LogP contribution is -2.47. The average Bonchev–Trinajstić information content (AvgIpc) is 3.22. The van der Waals surface area contributed by atoms with Gasteiger partial charge in [0.05, 0.1) is 0 Å². The second-order valence-electron chi connectivity index (χ2n) is 7.35. The van der Waals surface area contributed by atoms with Crippen molar-refractivity contribution in [2.24, 2.45) is 10.9 Å². The Bertz CT molecular complexity index is 546. The first kappa shape index (κ1) is 19.5. The van der Waals surface area contributed by atoms with E-state index < -0.39 is 0 Å². The van der Waals surface area contributed by atoms with Crippen molar-refractivity contribution in [1.29, 1.82) is 0 Å². The zero-order valence-electron chi connectivity index (χ0n) is 15.2. The second kappa shape index (κ2) is 8.52. The highest BCUT2D eigenvalue weighted by atomic mass is 127. The first-order valence-corrected chi connectivity index (χ1v) is 8.87. The highest BCUT2D eigenvalue weighted by Gasteiger charge is 2.39. The van der Waals surface area contributed by atoms with Crippen molar-refractivity contribution in [3.05, 3.63) is 35.9 Å². The SMILES string of the molecule is CN=C(NC1CN(C(C)C)CC1C)NC1CC1c1ccccc1.I. The fraction of sp³-hybridized carbons (Fsp3) is 0.632. The molecule has 0 radical (unpaired) electrons. The summed E-state index contributed by atoms with van der Waals surface area (Å²) in [5.41, 5.74) is 1.43. The van der Waals surface area contributed by atoms with Crippen LogP contribution in [0.25, 0.3) is 0 Å². The molecule has 1 saturated carbocycles. The van der Waals surface area contributed by atoms with Gasteiger partial charge in [0, 0.05) is 44.2 Å². The highest BCUT2D eigenvalue weighted by Crippen LogP contribution is 2.40. The van der Waals surface area contributed by atoms with Crippen LogP contribution in [0.15, 0.2) is 35.3 Å². The predicted octanol–water partition coefficient (Wildman–Crippen LogP) is 3.05. The van der Waals surface area contributed by atoms with Gasteiger partial charge in [0.2, 0.25) is 0 Å². The van der Waals surface area contributed by atoms with E-state index in [0.717, 1.165) is 12.5 Å². The van der Waals surface area contributed by atoms with Crippen LogP contribution in [0.4, 0.5) is 0 Å². The Labute approximate surface area is 163 Å². The molecule has 4 unspecified atom stereocenters. The van der Waals surface area contributed by atoms with Crippen molar-refractivity contribution in [3.63, 3.8) is 0 Å². The Balaban J connectivity index is 0.00000208. The molecule has 5 heteroatoms. The van der Waals surface area contributed by atoms with Crippen LogP contribution in [-0.2, 0) is 0 Å². The summed E-state index contributed by atoms with van der Waals surface area (Å²) in [7, 11) is 1.87. The smallest absolute Gasteiger partial charge is 0.191 e. The summed E-state index contributed by atoms with van der Waals surface area (Å²) in [6.07, 6.45) is 1.20. The molecule has 0 amide bonds. The second-order valence-corrected chi connectivity index (χ2v) is 7.35. The maximum Gasteiger partial charge on any atom is 0.191 e. The minimum Gasteiger partial charge on any atom is -0.353 e. The fourth-order valence-electron chi connectivity index (χ4n) is 3.56. The minimum atomic E-state index is 0. The third-order valence-electron chi connectivity index (χ3n) is 5.26. The number of halogens is 1. The van der Waals surface area contributed by atoms with Gasteiger partial charge in [-0.05, 0) is 31.7 Å². The molecule has 24 heavy (non-hydrogen) atoms. The Morgan fingerprint density at radius 3 is 2.38 bits per heavy atom. The molecule has 1 heterocycles. The molecule has 134 valence electrons. The van der Waals surface area contributed by atoms with Crippen LogP contribution in [0.2, 0.25) is 0 Å². The number of nitrogens with one attached hydrogen (secondary N) is 2. The van der Waals surface area contributed by atoms with E-state index in [0.29, 0.717) is 30.0 Å². The normalized spacial score (nSPS) is 30.1. The molecule has 1 aromatic rings. The molecule has 1 saturated heterocycles. The van der Waals surface area contributed by atoms with E-state index in [9.17, 15) is 0 Å². The first-order chi connectivity index (χ1) is 11.1. The van der Waals surface area contributed by atoms with Gasteiger partial charge in [-0.2, -0.15) is 0 Å². The Morgan fingerprint density at radius 1 is 1.12 bits per heavy atom. The van der Waals surface area contributed by atoms with E-state index in [-0.39, 0.29) is 24.0 Å². The number of hydrogen-bond donors (Lipinski definition) is 2. The van der Waals surface area contributed by atoms with E-state index in [4.69, 9.17) is 0 Å². The maximum absolute atomic E-state index is 4.44. The molecule has 2 fully saturated rings. The molecule has 1 aromatic carbocycles. The maximum atomic E-state index is 4.44. The van der Waals surface area contributed by atoms with Gasteiger partial charge in [0.25, 0.3) is 0 Å². The van der Waals surface area contributed by atoms with Gasteiger partial charge >= 0.3 is 0 Å². The van der Waals surface area contributed by atoms with Crippen molar-refractivity contribution >= 4 is 29.9 Å². The summed E-state index contributed by atoms with van der Waals surface area (Å²) in [4.78, 5) is 6.98. The molecule has 1 aliphatic heterocycles. The Hall–Kier alpha value is -0.820. The van der Waals surface area contributed by atoms with E-state index >= 15 is 0 Å².